The van der Waals surface area contributed by atoms with Crippen LogP contribution in [0, 0.1) is 0 Å². The van der Waals surface area contributed by atoms with Gasteiger partial charge in [0.15, 0.2) is 0 Å². The molecule has 1 aromatic carbocycles. The average molecular weight is 293 g/mol. The Balaban J connectivity index is 2.58. The number of hydrogen-bond acceptors (Lipinski definition) is 4. The molecular formula is C15H23N3O3. The zero-order valence-corrected chi connectivity index (χ0v) is 12.5. The normalized spacial score (nSPS) is 11.0. The molecule has 5 N–H and O–H groups in total. The van der Waals surface area contributed by atoms with E-state index >= 15 is 0 Å². The van der Waals surface area contributed by atoms with Crippen LogP contribution in [-0.4, -0.2) is 24.0 Å². The number of anilines is 1. The summed E-state index contributed by atoms with van der Waals surface area (Å²) in [5, 5.41) is 2.79. The number of carbonyl (C=O) groups excluding carboxylic acids is 2. The largest absolute Gasteiger partial charge is 0.493 e. The minimum Gasteiger partial charge on any atom is -0.493 e. The number of benzene rings is 1. The highest BCUT2D eigenvalue weighted by atomic mass is 16.5. The highest BCUT2D eigenvalue weighted by Crippen LogP contribution is 2.19. The SMILES string of the molecule is CCC(N)(CC)C(=O)Nc1ccc(OCCC(N)=O)cc1. The quantitative estimate of drug-likeness (QED) is 0.673. The zero-order chi connectivity index (χ0) is 15.9. The van der Waals surface area contributed by atoms with Crippen molar-refractivity contribution in [2.45, 2.75) is 38.6 Å². The van der Waals surface area contributed by atoms with E-state index < -0.39 is 11.4 Å². The van der Waals surface area contributed by atoms with Crippen molar-refractivity contribution in [3.8, 4) is 5.75 Å². The van der Waals surface area contributed by atoms with Gasteiger partial charge in [0.2, 0.25) is 11.8 Å². The smallest absolute Gasteiger partial charge is 0.244 e. The highest BCUT2D eigenvalue weighted by molar-refractivity contribution is 5.97. The van der Waals surface area contributed by atoms with Crippen LogP contribution in [0.4, 0.5) is 5.69 Å². The van der Waals surface area contributed by atoms with E-state index in [0.29, 0.717) is 24.3 Å². The predicted octanol–water partition coefficient (Wildman–Crippen LogP) is 1.40. The molecule has 0 aliphatic rings. The lowest BCUT2D eigenvalue weighted by atomic mass is 9.93. The number of nitrogens with one attached hydrogen (secondary N) is 1. The van der Waals surface area contributed by atoms with Crippen molar-refractivity contribution in [2.75, 3.05) is 11.9 Å². The molecule has 6 heteroatoms. The summed E-state index contributed by atoms with van der Waals surface area (Å²) in [5.41, 5.74) is 10.9. The van der Waals surface area contributed by atoms with Gasteiger partial charge in [-0.3, -0.25) is 9.59 Å². The lowest BCUT2D eigenvalue weighted by Gasteiger charge is -2.25. The van der Waals surface area contributed by atoms with Crippen molar-refractivity contribution in [2.24, 2.45) is 11.5 Å². The molecule has 0 fully saturated rings. The van der Waals surface area contributed by atoms with E-state index in [1.165, 1.54) is 0 Å². The van der Waals surface area contributed by atoms with E-state index in [-0.39, 0.29) is 18.9 Å². The molecule has 0 atom stereocenters. The number of rotatable bonds is 8. The van der Waals surface area contributed by atoms with Crippen molar-refractivity contribution >= 4 is 17.5 Å². The van der Waals surface area contributed by atoms with Gasteiger partial charge in [0, 0.05) is 5.69 Å². The molecule has 0 radical (unpaired) electrons. The molecule has 116 valence electrons. The maximum atomic E-state index is 12.1. The summed E-state index contributed by atoms with van der Waals surface area (Å²) < 4.78 is 5.35. The predicted molar refractivity (Wildman–Crippen MR) is 81.9 cm³/mol. The van der Waals surface area contributed by atoms with Crippen LogP contribution in [0.15, 0.2) is 24.3 Å². The zero-order valence-electron chi connectivity index (χ0n) is 12.5. The van der Waals surface area contributed by atoms with E-state index in [2.05, 4.69) is 5.32 Å². The standard InChI is InChI=1S/C15H23N3O3/c1-3-15(17,4-2)14(20)18-11-5-7-12(8-6-11)21-10-9-13(16)19/h5-8H,3-4,9-10,17H2,1-2H3,(H2,16,19)(H,18,20). The number of hydrogen-bond donors (Lipinski definition) is 3. The van der Waals surface area contributed by atoms with Crippen LogP contribution in [-0.2, 0) is 9.59 Å². The van der Waals surface area contributed by atoms with E-state index in [1.54, 1.807) is 24.3 Å². The lowest BCUT2D eigenvalue weighted by molar-refractivity contribution is -0.121. The second kappa shape index (κ2) is 7.64. The van der Waals surface area contributed by atoms with Gasteiger partial charge in [0.1, 0.15) is 5.75 Å². The first-order valence-electron chi connectivity index (χ1n) is 7.02. The Morgan fingerprint density at radius 3 is 2.24 bits per heavy atom. The Morgan fingerprint density at radius 1 is 1.19 bits per heavy atom. The van der Waals surface area contributed by atoms with Crippen LogP contribution in [0.3, 0.4) is 0 Å². The Hall–Kier alpha value is -2.08. The lowest BCUT2D eigenvalue weighted by Crippen LogP contribution is -2.50. The van der Waals surface area contributed by atoms with Crippen LogP contribution >= 0.6 is 0 Å². The number of nitrogens with two attached hydrogens (primary N) is 2. The Bertz CT molecular complexity index is 481. The van der Waals surface area contributed by atoms with Crippen LogP contribution in [0.1, 0.15) is 33.1 Å². The molecule has 0 unspecified atom stereocenters. The monoisotopic (exact) mass is 293 g/mol. The van der Waals surface area contributed by atoms with Crippen LogP contribution in [0.2, 0.25) is 0 Å². The van der Waals surface area contributed by atoms with Gasteiger partial charge in [-0.15, -0.1) is 0 Å². The molecule has 1 rings (SSSR count). The van der Waals surface area contributed by atoms with Crippen LogP contribution in [0.25, 0.3) is 0 Å². The first-order chi connectivity index (χ1) is 9.91. The fraction of sp³-hybridized carbons (Fsp3) is 0.467. The second-order valence-electron chi connectivity index (χ2n) is 4.91. The number of primary amides is 1. The molecule has 1 aromatic rings. The Morgan fingerprint density at radius 2 is 1.76 bits per heavy atom. The molecule has 0 saturated heterocycles. The van der Waals surface area contributed by atoms with Crippen molar-refractivity contribution in [1.29, 1.82) is 0 Å². The molecule has 21 heavy (non-hydrogen) atoms. The van der Waals surface area contributed by atoms with Crippen LogP contribution in [0.5, 0.6) is 5.75 Å². The molecule has 2 amide bonds. The summed E-state index contributed by atoms with van der Waals surface area (Å²) >= 11 is 0. The Kier molecular flexibility index (Phi) is 6.17. The summed E-state index contributed by atoms with van der Waals surface area (Å²) in [6.07, 6.45) is 1.31. The highest BCUT2D eigenvalue weighted by Gasteiger charge is 2.29. The van der Waals surface area contributed by atoms with Crippen LogP contribution < -0.4 is 21.5 Å². The minimum absolute atomic E-state index is 0.168. The molecule has 0 aliphatic heterocycles. The topological polar surface area (TPSA) is 107 Å². The van der Waals surface area contributed by atoms with Crippen molar-refractivity contribution in [3.05, 3.63) is 24.3 Å². The fourth-order valence-corrected chi connectivity index (χ4v) is 1.73. The van der Waals surface area contributed by atoms with Crippen molar-refractivity contribution in [1.82, 2.24) is 0 Å². The number of ether oxygens (including phenoxy) is 1. The molecule has 0 saturated carbocycles. The third kappa shape index (κ3) is 5.07. The third-order valence-corrected chi connectivity index (χ3v) is 3.44. The minimum atomic E-state index is -0.851. The summed E-state index contributed by atoms with van der Waals surface area (Å²) in [6.45, 7) is 4.01. The fourth-order valence-electron chi connectivity index (χ4n) is 1.73. The molecular weight excluding hydrogens is 270 g/mol. The molecule has 0 aromatic heterocycles. The first-order valence-corrected chi connectivity index (χ1v) is 7.02. The van der Waals surface area contributed by atoms with Gasteiger partial charge >= 0.3 is 0 Å². The maximum absolute atomic E-state index is 12.1. The number of carbonyl (C=O) groups is 2. The number of amides is 2. The van der Waals surface area contributed by atoms with E-state index in [9.17, 15) is 9.59 Å². The maximum Gasteiger partial charge on any atom is 0.244 e. The average Bonchev–Trinajstić information content (AvgIpc) is 2.47. The van der Waals surface area contributed by atoms with E-state index in [1.807, 2.05) is 13.8 Å². The Labute approximate surface area is 124 Å². The van der Waals surface area contributed by atoms with Gasteiger partial charge in [0.25, 0.3) is 0 Å². The van der Waals surface area contributed by atoms with Gasteiger partial charge in [-0.1, -0.05) is 13.8 Å². The van der Waals surface area contributed by atoms with Gasteiger partial charge in [-0.2, -0.15) is 0 Å². The van der Waals surface area contributed by atoms with Gasteiger partial charge in [-0.25, -0.2) is 0 Å². The summed E-state index contributed by atoms with van der Waals surface area (Å²) in [6, 6.07) is 6.88. The summed E-state index contributed by atoms with van der Waals surface area (Å²) in [7, 11) is 0. The van der Waals surface area contributed by atoms with Gasteiger partial charge < -0.3 is 21.5 Å². The van der Waals surface area contributed by atoms with Crippen molar-refractivity contribution in [3.63, 3.8) is 0 Å². The second-order valence-corrected chi connectivity index (χ2v) is 4.91. The summed E-state index contributed by atoms with van der Waals surface area (Å²) in [5.74, 6) is 0.00596. The van der Waals surface area contributed by atoms with Crippen molar-refractivity contribution < 1.29 is 14.3 Å². The van der Waals surface area contributed by atoms with E-state index in [0.717, 1.165) is 0 Å². The molecule has 0 bridgehead atoms. The molecule has 6 nitrogen and oxygen atoms in total. The molecule has 0 spiro atoms. The third-order valence-electron chi connectivity index (χ3n) is 3.44. The van der Waals surface area contributed by atoms with Gasteiger partial charge in [0.05, 0.1) is 18.6 Å². The first kappa shape index (κ1) is 17.0. The molecule has 0 heterocycles. The summed E-state index contributed by atoms with van der Waals surface area (Å²) in [4.78, 5) is 22.7. The molecule has 0 aliphatic carbocycles. The van der Waals surface area contributed by atoms with Gasteiger partial charge in [-0.05, 0) is 37.1 Å². The van der Waals surface area contributed by atoms with E-state index in [4.69, 9.17) is 16.2 Å².